The van der Waals surface area contributed by atoms with E-state index in [-0.39, 0.29) is 19.3 Å². The Labute approximate surface area is 419 Å². The molecule has 2 aliphatic heterocycles. The van der Waals surface area contributed by atoms with Crippen LogP contribution in [0, 0.1) is 5.92 Å². The van der Waals surface area contributed by atoms with E-state index in [0.717, 1.165) is 46.2 Å². The summed E-state index contributed by atoms with van der Waals surface area (Å²) in [6, 6.07) is 60.6. The van der Waals surface area contributed by atoms with Crippen LogP contribution in [0.2, 0.25) is 0 Å². The van der Waals surface area contributed by atoms with Crippen LogP contribution >= 0.6 is 0 Å². The van der Waals surface area contributed by atoms with Crippen molar-refractivity contribution in [2.45, 2.75) is 127 Å². The van der Waals surface area contributed by atoms with Crippen LogP contribution in [0.15, 0.2) is 182 Å². The molecule has 2 heterocycles. The Morgan fingerprint density at radius 2 is 0.718 bits per heavy atom. The quantitative estimate of drug-likeness (QED) is 0.0519. The standard InChI is InChI=1S/C60H68O11/c1-43(50-33-34-50)69-58-56(66-39-48-29-17-7-18-30-48)53(63-36-45-23-11-4-12-24-45)51(41-62-35-44-21-9-3-10-22-44)71-60(58)68-42-52-54(64-37-46-25-13-5-14-26-46)55(65-38-47-27-15-6-16-28-47)57(59(61-2)70-52)67-40-49-31-19-8-20-32-49/h3-32,43,50-60H,33-42H2,1-2H3/t43?,51-,52-,53-,54-,55+,56+,57+,58-,59+,60?/m1/s1. The predicted octanol–water partition coefficient (Wildman–Crippen LogP) is 10.4. The van der Waals surface area contributed by atoms with Crippen LogP contribution < -0.4 is 0 Å². The molecule has 11 heteroatoms. The van der Waals surface area contributed by atoms with Crippen molar-refractivity contribution in [3.05, 3.63) is 215 Å². The maximum absolute atomic E-state index is 7.11. The van der Waals surface area contributed by atoms with Gasteiger partial charge in [0, 0.05) is 7.11 Å². The normalized spacial score (nSPS) is 25.9. The largest absolute Gasteiger partial charge is 0.374 e. The Balaban J connectivity index is 1.04. The zero-order chi connectivity index (χ0) is 48.5. The summed E-state index contributed by atoms with van der Waals surface area (Å²) in [6.45, 7) is 4.31. The molecule has 1 saturated carbocycles. The summed E-state index contributed by atoms with van der Waals surface area (Å²) < 4.78 is 75.4. The second-order valence-electron chi connectivity index (χ2n) is 18.6. The van der Waals surface area contributed by atoms with E-state index >= 15 is 0 Å². The molecule has 2 unspecified atom stereocenters. The minimum absolute atomic E-state index is 0.0246. The highest BCUT2D eigenvalue weighted by Gasteiger charge is 2.53. The Morgan fingerprint density at radius 3 is 1.11 bits per heavy atom. The number of hydrogen-bond acceptors (Lipinski definition) is 11. The molecular weight excluding hydrogens is 897 g/mol. The van der Waals surface area contributed by atoms with Crippen LogP contribution in [-0.2, 0) is 91.7 Å². The fourth-order valence-electron chi connectivity index (χ4n) is 9.27. The molecule has 1 aliphatic carbocycles. The van der Waals surface area contributed by atoms with Gasteiger partial charge in [-0.2, -0.15) is 0 Å². The number of rotatable bonds is 26. The van der Waals surface area contributed by atoms with Crippen molar-refractivity contribution < 1.29 is 52.1 Å². The average molecular weight is 965 g/mol. The zero-order valence-electron chi connectivity index (χ0n) is 40.8. The second-order valence-corrected chi connectivity index (χ2v) is 18.6. The van der Waals surface area contributed by atoms with Gasteiger partial charge < -0.3 is 52.1 Å². The van der Waals surface area contributed by atoms with Crippen molar-refractivity contribution in [2.75, 3.05) is 20.3 Å². The molecule has 3 aliphatic rings. The first kappa shape index (κ1) is 50.8. The highest BCUT2D eigenvalue weighted by molar-refractivity contribution is 5.18. The van der Waals surface area contributed by atoms with Gasteiger partial charge in [0.15, 0.2) is 12.6 Å². The van der Waals surface area contributed by atoms with Gasteiger partial charge in [-0.3, -0.25) is 0 Å². The number of ether oxygens (including phenoxy) is 11. The number of methoxy groups -OCH3 is 1. The third-order valence-electron chi connectivity index (χ3n) is 13.3. The molecule has 71 heavy (non-hydrogen) atoms. The van der Waals surface area contributed by atoms with Gasteiger partial charge in [-0.25, -0.2) is 0 Å². The van der Waals surface area contributed by atoms with E-state index in [1.165, 1.54) is 0 Å². The molecule has 11 atom stereocenters. The Morgan fingerprint density at radius 1 is 0.380 bits per heavy atom. The van der Waals surface area contributed by atoms with Gasteiger partial charge in [-0.05, 0) is 59.1 Å². The summed E-state index contributed by atoms with van der Waals surface area (Å²) in [5.74, 6) is 0.413. The Hall–Kier alpha value is -5.12. The molecule has 11 nitrogen and oxygen atoms in total. The summed E-state index contributed by atoms with van der Waals surface area (Å²) in [5.41, 5.74) is 6.12. The summed E-state index contributed by atoms with van der Waals surface area (Å²) >= 11 is 0. The lowest BCUT2D eigenvalue weighted by Crippen LogP contribution is -2.64. The molecule has 0 radical (unpaired) electrons. The second kappa shape index (κ2) is 26.5. The highest BCUT2D eigenvalue weighted by atomic mass is 16.8. The number of hydrogen-bond donors (Lipinski definition) is 0. The maximum Gasteiger partial charge on any atom is 0.187 e. The molecule has 2 saturated heterocycles. The number of benzene rings is 6. The van der Waals surface area contributed by atoms with Crippen molar-refractivity contribution >= 4 is 0 Å². The molecule has 6 aromatic rings. The van der Waals surface area contributed by atoms with Crippen molar-refractivity contribution in [3.63, 3.8) is 0 Å². The molecule has 0 N–H and O–H groups in total. The van der Waals surface area contributed by atoms with Gasteiger partial charge in [0.05, 0.1) is 59.0 Å². The first-order valence-electron chi connectivity index (χ1n) is 25.1. The first-order valence-corrected chi connectivity index (χ1v) is 25.1. The average Bonchev–Trinajstić information content (AvgIpc) is 4.29. The third kappa shape index (κ3) is 14.7. The van der Waals surface area contributed by atoms with Crippen molar-refractivity contribution in [3.8, 4) is 0 Å². The van der Waals surface area contributed by atoms with Crippen LogP contribution in [0.3, 0.4) is 0 Å². The lowest BCUT2D eigenvalue weighted by molar-refractivity contribution is -0.353. The Kier molecular flexibility index (Phi) is 19.0. The third-order valence-corrected chi connectivity index (χ3v) is 13.3. The van der Waals surface area contributed by atoms with Gasteiger partial charge in [-0.15, -0.1) is 0 Å². The van der Waals surface area contributed by atoms with Gasteiger partial charge >= 0.3 is 0 Å². The van der Waals surface area contributed by atoms with Crippen molar-refractivity contribution in [1.29, 1.82) is 0 Å². The lowest BCUT2D eigenvalue weighted by Gasteiger charge is -2.48. The van der Waals surface area contributed by atoms with E-state index in [2.05, 4.69) is 31.2 Å². The van der Waals surface area contributed by atoms with Crippen LogP contribution in [0.25, 0.3) is 0 Å². The van der Waals surface area contributed by atoms with Crippen LogP contribution in [-0.4, -0.2) is 87.8 Å². The van der Waals surface area contributed by atoms with Crippen molar-refractivity contribution in [1.82, 2.24) is 0 Å². The van der Waals surface area contributed by atoms with Crippen LogP contribution in [0.1, 0.15) is 53.1 Å². The molecule has 0 spiro atoms. The zero-order valence-corrected chi connectivity index (χ0v) is 40.8. The smallest absolute Gasteiger partial charge is 0.187 e. The van der Waals surface area contributed by atoms with Gasteiger partial charge in [-0.1, -0.05) is 182 Å². The molecule has 0 bridgehead atoms. The molecule has 6 aromatic carbocycles. The molecule has 0 aromatic heterocycles. The van der Waals surface area contributed by atoms with E-state index in [1.807, 2.05) is 158 Å². The minimum Gasteiger partial charge on any atom is -0.374 e. The molecule has 9 rings (SSSR count). The summed E-state index contributed by atoms with van der Waals surface area (Å²) in [6.07, 6.45) is -4.98. The van der Waals surface area contributed by atoms with E-state index in [0.29, 0.717) is 45.6 Å². The van der Waals surface area contributed by atoms with E-state index < -0.39 is 61.4 Å². The van der Waals surface area contributed by atoms with Crippen LogP contribution in [0.5, 0.6) is 0 Å². The van der Waals surface area contributed by atoms with E-state index in [4.69, 9.17) is 52.1 Å². The fraction of sp³-hybridized carbons (Fsp3) is 0.400. The van der Waals surface area contributed by atoms with Gasteiger partial charge in [0.1, 0.15) is 48.8 Å². The minimum atomic E-state index is -0.936. The fourth-order valence-corrected chi connectivity index (χ4v) is 9.27. The molecule has 0 amide bonds. The molecular formula is C60H68O11. The highest BCUT2D eigenvalue weighted by Crippen LogP contribution is 2.39. The molecule has 374 valence electrons. The first-order chi connectivity index (χ1) is 35.1. The van der Waals surface area contributed by atoms with Crippen LogP contribution in [0.4, 0.5) is 0 Å². The SMILES string of the molecule is CO[C@H]1O[C@H](COC2O[C@H](COCc3ccccc3)[C@@H](OCc3ccccc3)[C@H](OCc3ccccc3)[C@H]2OC(C)C2CC2)[C@@H](OCc2ccccc2)[C@H](OCc2ccccc2)[C@@H]1OCc1ccccc1. The van der Waals surface area contributed by atoms with E-state index in [9.17, 15) is 0 Å². The Bertz CT molecular complexity index is 2380. The summed E-state index contributed by atoms with van der Waals surface area (Å²) in [4.78, 5) is 0. The van der Waals surface area contributed by atoms with E-state index in [1.54, 1.807) is 7.11 Å². The van der Waals surface area contributed by atoms with Gasteiger partial charge in [0.2, 0.25) is 0 Å². The maximum atomic E-state index is 7.11. The predicted molar refractivity (Wildman–Crippen MR) is 269 cm³/mol. The lowest BCUT2D eigenvalue weighted by atomic mass is 9.96. The monoisotopic (exact) mass is 964 g/mol. The molecule has 3 fully saturated rings. The van der Waals surface area contributed by atoms with Crippen molar-refractivity contribution in [2.24, 2.45) is 5.92 Å². The van der Waals surface area contributed by atoms with Gasteiger partial charge in [0.25, 0.3) is 0 Å². The summed E-state index contributed by atoms with van der Waals surface area (Å²) in [5, 5.41) is 0. The summed E-state index contributed by atoms with van der Waals surface area (Å²) in [7, 11) is 1.62. The topological polar surface area (TPSA) is 102 Å².